The Hall–Kier alpha value is -2.88. The summed E-state index contributed by atoms with van der Waals surface area (Å²) in [6, 6.07) is 9.66. The van der Waals surface area contributed by atoms with E-state index in [9.17, 15) is 23.4 Å². The van der Waals surface area contributed by atoms with Gasteiger partial charge in [0.25, 0.3) is 0 Å². The van der Waals surface area contributed by atoms with Crippen molar-refractivity contribution in [1.29, 1.82) is 0 Å². The number of carbonyl (C=O) groups excluding carboxylic acids is 1. The number of hydrogen-bond acceptors (Lipinski definition) is 6. The van der Waals surface area contributed by atoms with Crippen LogP contribution < -0.4 is 10.0 Å². The number of aliphatic hydroxyl groups is 1. The highest BCUT2D eigenvalue weighted by Gasteiger charge is 2.12. The van der Waals surface area contributed by atoms with E-state index < -0.39 is 15.9 Å². The van der Waals surface area contributed by atoms with Crippen LogP contribution in [-0.2, 0) is 14.8 Å². The lowest BCUT2D eigenvalue weighted by Crippen LogP contribution is -2.26. The molecule has 0 heterocycles. The molecular weight excluding hydrogens is 360 g/mol. The molecule has 0 aliphatic heterocycles. The Morgan fingerprint density at radius 1 is 1.04 bits per heavy atom. The minimum atomic E-state index is -3.70. The Bertz CT molecular complexity index is 907. The lowest BCUT2D eigenvalue weighted by molar-refractivity contribution is -0.111. The monoisotopic (exact) mass is 378 g/mol. The van der Waals surface area contributed by atoms with Crippen molar-refractivity contribution < 1.29 is 28.5 Å². The van der Waals surface area contributed by atoms with Crippen LogP contribution in [0.5, 0.6) is 11.5 Å². The van der Waals surface area contributed by atoms with Crippen LogP contribution in [0.15, 0.2) is 53.4 Å². The molecule has 0 spiro atoms. The summed E-state index contributed by atoms with van der Waals surface area (Å²) in [6.07, 6.45) is 2.69. The second kappa shape index (κ2) is 8.48. The van der Waals surface area contributed by atoms with Crippen LogP contribution >= 0.6 is 0 Å². The predicted molar refractivity (Wildman–Crippen MR) is 96.2 cm³/mol. The number of phenolic OH excluding ortho intramolecular Hbond substituents is 2. The van der Waals surface area contributed by atoms with Gasteiger partial charge in [0.2, 0.25) is 15.9 Å². The third-order valence-electron chi connectivity index (χ3n) is 3.26. The topological polar surface area (TPSA) is 136 Å². The molecule has 0 unspecified atom stereocenters. The lowest BCUT2D eigenvalue weighted by atomic mass is 10.2. The highest BCUT2D eigenvalue weighted by atomic mass is 32.2. The summed E-state index contributed by atoms with van der Waals surface area (Å²) in [5, 5.41) is 29.9. The first-order chi connectivity index (χ1) is 12.3. The molecule has 0 aromatic heterocycles. The number of phenols is 2. The van der Waals surface area contributed by atoms with Crippen molar-refractivity contribution >= 4 is 27.7 Å². The number of carbonyl (C=O) groups is 1. The van der Waals surface area contributed by atoms with E-state index in [1.165, 1.54) is 54.6 Å². The Kier molecular flexibility index (Phi) is 6.34. The number of aromatic hydroxyl groups is 2. The summed E-state index contributed by atoms with van der Waals surface area (Å²) in [7, 11) is -3.70. The maximum Gasteiger partial charge on any atom is 0.248 e. The second-order valence-corrected chi connectivity index (χ2v) is 6.98. The van der Waals surface area contributed by atoms with E-state index >= 15 is 0 Å². The maximum atomic E-state index is 11.9. The zero-order valence-electron chi connectivity index (χ0n) is 13.6. The molecule has 0 bridgehead atoms. The van der Waals surface area contributed by atoms with Crippen molar-refractivity contribution in [2.45, 2.75) is 4.90 Å². The SMILES string of the molecule is O=C(/C=C/c1ccc(O)c(O)c1)Nc1ccc(S(=O)(=O)NCCO)cc1. The molecule has 9 heteroatoms. The number of hydrogen-bond donors (Lipinski definition) is 5. The zero-order valence-corrected chi connectivity index (χ0v) is 14.4. The summed E-state index contributed by atoms with van der Waals surface area (Å²) in [5.41, 5.74) is 0.918. The smallest absolute Gasteiger partial charge is 0.248 e. The minimum absolute atomic E-state index is 0.0130. The van der Waals surface area contributed by atoms with Crippen molar-refractivity contribution in [3.8, 4) is 11.5 Å². The van der Waals surface area contributed by atoms with Gasteiger partial charge < -0.3 is 20.6 Å². The number of amides is 1. The van der Waals surface area contributed by atoms with Crippen LogP contribution in [0.1, 0.15) is 5.56 Å². The van der Waals surface area contributed by atoms with Crippen LogP contribution in [0.4, 0.5) is 5.69 Å². The molecule has 26 heavy (non-hydrogen) atoms. The van der Waals surface area contributed by atoms with E-state index in [4.69, 9.17) is 5.11 Å². The molecule has 2 aromatic rings. The second-order valence-electron chi connectivity index (χ2n) is 5.22. The number of sulfonamides is 1. The van der Waals surface area contributed by atoms with Crippen LogP contribution in [-0.4, -0.2) is 42.8 Å². The Balaban J connectivity index is 2.01. The molecule has 0 aliphatic carbocycles. The molecule has 8 nitrogen and oxygen atoms in total. The first kappa shape index (κ1) is 19.4. The molecular formula is C17H18N2O6S. The largest absolute Gasteiger partial charge is 0.504 e. The van der Waals surface area contributed by atoms with Crippen molar-refractivity contribution in [1.82, 2.24) is 4.72 Å². The molecule has 138 valence electrons. The minimum Gasteiger partial charge on any atom is -0.504 e. The van der Waals surface area contributed by atoms with Gasteiger partial charge in [-0.15, -0.1) is 0 Å². The fourth-order valence-corrected chi connectivity index (χ4v) is 3.00. The van der Waals surface area contributed by atoms with E-state index in [1.54, 1.807) is 0 Å². The molecule has 0 fully saturated rings. The summed E-state index contributed by atoms with van der Waals surface area (Å²) in [5.74, 6) is -0.999. The summed E-state index contributed by atoms with van der Waals surface area (Å²) >= 11 is 0. The molecule has 0 radical (unpaired) electrons. The van der Waals surface area contributed by atoms with Crippen LogP contribution in [0, 0.1) is 0 Å². The van der Waals surface area contributed by atoms with Crippen LogP contribution in [0.2, 0.25) is 0 Å². The van der Waals surface area contributed by atoms with Crippen molar-refractivity contribution in [3.05, 3.63) is 54.1 Å². The van der Waals surface area contributed by atoms with E-state index in [0.717, 1.165) is 0 Å². The normalized spacial score (nSPS) is 11.6. The summed E-state index contributed by atoms with van der Waals surface area (Å²) < 4.78 is 26.0. The van der Waals surface area contributed by atoms with E-state index in [2.05, 4.69) is 10.0 Å². The molecule has 0 aliphatic rings. The first-order valence-corrected chi connectivity index (χ1v) is 9.02. The van der Waals surface area contributed by atoms with Gasteiger partial charge in [0.1, 0.15) is 0 Å². The average molecular weight is 378 g/mol. The Morgan fingerprint density at radius 3 is 2.35 bits per heavy atom. The van der Waals surface area contributed by atoms with Gasteiger partial charge in [-0.05, 0) is 48.0 Å². The van der Waals surface area contributed by atoms with Crippen molar-refractivity contribution in [3.63, 3.8) is 0 Å². The van der Waals surface area contributed by atoms with Crippen molar-refractivity contribution in [2.75, 3.05) is 18.5 Å². The van der Waals surface area contributed by atoms with Gasteiger partial charge in [0, 0.05) is 18.3 Å². The number of benzene rings is 2. The van der Waals surface area contributed by atoms with Gasteiger partial charge in [-0.25, -0.2) is 13.1 Å². The highest BCUT2D eigenvalue weighted by Crippen LogP contribution is 2.25. The number of anilines is 1. The number of nitrogens with one attached hydrogen (secondary N) is 2. The highest BCUT2D eigenvalue weighted by molar-refractivity contribution is 7.89. The molecule has 1 amide bonds. The third-order valence-corrected chi connectivity index (χ3v) is 4.74. The maximum absolute atomic E-state index is 11.9. The first-order valence-electron chi connectivity index (χ1n) is 7.53. The third kappa shape index (κ3) is 5.31. The molecule has 0 saturated carbocycles. The van der Waals surface area contributed by atoms with Gasteiger partial charge in [0.05, 0.1) is 11.5 Å². The predicted octanol–water partition coefficient (Wildman–Crippen LogP) is 1.02. The standard InChI is InChI=1S/C17H18N2O6S/c20-10-9-18-26(24,25)14-5-3-13(4-6-14)19-17(23)8-2-12-1-7-15(21)16(22)11-12/h1-8,11,18,20-22H,9-10H2,(H,19,23)/b8-2+. The fraction of sp³-hybridized carbons (Fsp3) is 0.118. The number of aliphatic hydroxyl groups excluding tert-OH is 1. The van der Waals surface area contributed by atoms with Gasteiger partial charge in [-0.1, -0.05) is 6.07 Å². The molecule has 5 N–H and O–H groups in total. The summed E-state index contributed by atoms with van der Waals surface area (Å²) in [4.78, 5) is 11.9. The fourth-order valence-electron chi connectivity index (χ4n) is 1.98. The molecule has 0 saturated heterocycles. The van der Waals surface area contributed by atoms with Gasteiger partial charge in [0.15, 0.2) is 11.5 Å². The Morgan fingerprint density at radius 2 is 1.73 bits per heavy atom. The van der Waals surface area contributed by atoms with E-state index in [1.807, 2.05) is 0 Å². The zero-order chi connectivity index (χ0) is 19.2. The number of rotatable bonds is 7. The van der Waals surface area contributed by atoms with Gasteiger partial charge >= 0.3 is 0 Å². The quantitative estimate of drug-likeness (QED) is 0.360. The lowest BCUT2D eigenvalue weighted by Gasteiger charge is -2.07. The van der Waals surface area contributed by atoms with Gasteiger partial charge in [-0.3, -0.25) is 4.79 Å². The molecule has 2 rings (SSSR count). The van der Waals surface area contributed by atoms with Gasteiger partial charge in [-0.2, -0.15) is 0 Å². The van der Waals surface area contributed by atoms with Crippen LogP contribution in [0.25, 0.3) is 6.08 Å². The molecule has 0 atom stereocenters. The van der Waals surface area contributed by atoms with E-state index in [0.29, 0.717) is 11.3 Å². The summed E-state index contributed by atoms with van der Waals surface area (Å²) in [6.45, 7) is -0.392. The Labute approximate surface area is 150 Å². The van der Waals surface area contributed by atoms with E-state index in [-0.39, 0.29) is 29.5 Å². The average Bonchev–Trinajstić information content (AvgIpc) is 2.61. The van der Waals surface area contributed by atoms with Crippen molar-refractivity contribution in [2.24, 2.45) is 0 Å². The van der Waals surface area contributed by atoms with Crippen LogP contribution in [0.3, 0.4) is 0 Å². The molecule has 2 aromatic carbocycles.